The Labute approximate surface area is 204 Å². The van der Waals surface area contributed by atoms with Gasteiger partial charge in [0.2, 0.25) is 21.8 Å². The number of ether oxygens (including phenoxy) is 1. The van der Waals surface area contributed by atoms with Gasteiger partial charge in [-0.1, -0.05) is 48.3 Å². The fourth-order valence-electron chi connectivity index (χ4n) is 3.35. The fourth-order valence-corrected chi connectivity index (χ4v) is 4.67. The van der Waals surface area contributed by atoms with Gasteiger partial charge in [-0.15, -0.1) is 0 Å². The molecule has 2 aromatic rings. The average Bonchev–Trinajstić information content (AvgIpc) is 2.77. The van der Waals surface area contributed by atoms with Crippen molar-refractivity contribution < 1.29 is 22.7 Å². The molecule has 0 fully saturated rings. The van der Waals surface area contributed by atoms with Crippen LogP contribution in [0.3, 0.4) is 0 Å². The molecule has 0 radical (unpaired) electrons. The van der Waals surface area contributed by atoms with E-state index < -0.39 is 28.5 Å². The second-order valence-corrected chi connectivity index (χ2v) is 9.99. The van der Waals surface area contributed by atoms with E-state index in [9.17, 15) is 18.0 Å². The van der Waals surface area contributed by atoms with E-state index in [1.807, 2.05) is 0 Å². The SMILES string of the molecule is CC[C@@H](C(=O)NC)N(Cc1ccc(Cl)cc1Cl)C(=O)CN(c1ccccc1OC)S(C)(=O)=O. The lowest BCUT2D eigenvalue weighted by Gasteiger charge is -2.33. The Hall–Kier alpha value is -2.49. The van der Waals surface area contributed by atoms with Gasteiger partial charge in [0, 0.05) is 23.6 Å². The monoisotopic (exact) mass is 515 g/mol. The van der Waals surface area contributed by atoms with E-state index in [0.29, 0.717) is 27.8 Å². The zero-order valence-corrected chi connectivity index (χ0v) is 21.2. The van der Waals surface area contributed by atoms with Gasteiger partial charge in [0.15, 0.2) is 0 Å². The summed E-state index contributed by atoms with van der Waals surface area (Å²) in [6.45, 7) is 1.22. The first-order valence-electron chi connectivity index (χ1n) is 10.1. The molecular weight excluding hydrogens is 489 g/mol. The van der Waals surface area contributed by atoms with Crippen molar-refractivity contribution in [3.63, 3.8) is 0 Å². The number of anilines is 1. The van der Waals surface area contributed by atoms with Crippen LogP contribution in [0.25, 0.3) is 0 Å². The molecule has 1 N–H and O–H groups in total. The van der Waals surface area contributed by atoms with Gasteiger partial charge in [-0.25, -0.2) is 8.42 Å². The van der Waals surface area contributed by atoms with Crippen molar-refractivity contribution in [2.24, 2.45) is 0 Å². The molecule has 2 amide bonds. The van der Waals surface area contributed by atoms with Crippen LogP contribution < -0.4 is 14.4 Å². The average molecular weight is 516 g/mol. The first-order valence-corrected chi connectivity index (χ1v) is 12.7. The maximum atomic E-state index is 13.5. The molecule has 33 heavy (non-hydrogen) atoms. The van der Waals surface area contributed by atoms with Crippen LogP contribution in [0.5, 0.6) is 5.75 Å². The van der Waals surface area contributed by atoms with Gasteiger partial charge in [-0.3, -0.25) is 13.9 Å². The number of methoxy groups -OCH3 is 1. The zero-order valence-electron chi connectivity index (χ0n) is 18.8. The molecule has 0 unspecified atom stereocenters. The van der Waals surface area contributed by atoms with Crippen LogP contribution in [0, 0.1) is 0 Å². The Morgan fingerprint density at radius 3 is 2.36 bits per heavy atom. The second kappa shape index (κ2) is 11.6. The molecule has 0 saturated heterocycles. The minimum absolute atomic E-state index is 0.00963. The molecule has 180 valence electrons. The van der Waals surface area contributed by atoms with Gasteiger partial charge in [0.05, 0.1) is 19.1 Å². The summed E-state index contributed by atoms with van der Waals surface area (Å²) >= 11 is 12.3. The Kier molecular flexibility index (Phi) is 9.39. The topological polar surface area (TPSA) is 96.0 Å². The molecule has 1 atom stereocenters. The molecular formula is C22H27Cl2N3O5S. The Morgan fingerprint density at radius 1 is 1.15 bits per heavy atom. The Morgan fingerprint density at radius 2 is 1.82 bits per heavy atom. The minimum Gasteiger partial charge on any atom is -0.495 e. The van der Waals surface area contributed by atoms with Crippen LogP contribution >= 0.6 is 23.2 Å². The highest BCUT2D eigenvalue weighted by molar-refractivity contribution is 7.92. The van der Waals surface area contributed by atoms with Crippen molar-refractivity contribution in [3.8, 4) is 5.75 Å². The minimum atomic E-state index is -3.86. The van der Waals surface area contributed by atoms with Crippen molar-refractivity contribution in [2.75, 3.05) is 31.3 Å². The number of hydrogen-bond donors (Lipinski definition) is 1. The predicted molar refractivity (Wildman–Crippen MR) is 130 cm³/mol. The van der Waals surface area contributed by atoms with Crippen LogP contribution in [0.2, 0.25) is 10.0 Å². The van der Waals surface area contributed by atoms with Crippen LogP contribution in [-0.2, 0) is 26.2 Å². The highest BCUT2D eigenvalue weighted by Gasteiger charge is 2.32. The molecule has 8 nitrogen and oxygen atoms in total. The number of halogens is 2. The van der Waals surface area contributed by atoms with Gasteiger partial charge in [-0.05, 0) is 36.2 Å². The predicted octanol–water partition coefficient (Wildman–Crippen LogP) is 3.32. The van der Waals surface area contributed by atoms with E-state index in [2.05, 4.69) is 5.32 Å². The summed E-state index contributed by atoms with van der Waals surface area (Å²) in [6, 6.07) is 10.5. The van der Waals surface area contributed by atoms with E-state index in [0.717, 1.165) is 10.6 Å². The van der Waals surface area contributed by atoms with Crippen molar-refractivity contribution in [2.45, 2.75) is 25.9 Å². The first kappa shape index (κ1) is 26.8. The highest BCUT2D eigenvalue weighted by Crippen LogP contribution is 2.30. The van der Waals surface area contributed by atoms with E-state index in [1.165, 1.54) is 19.1 Å². The van der Waals surface area contributed by atoms with Gasteiger partial charge in [0.1, 0.15) is 18.3 Å². The van der Waals surface area contributed by atoms with Crippen molar-refractivity contribution >= 4 is 50.7 Å². The third-order valence-electron chi connectivity index (χ3n) is 5.02. The Balaban J connectivity index is 2.50. The lowest BCUT2D eigenvalue weighted by molar-refractivity contribution is -0.140. The van der Waals surface area contributed by atoms with Gasteiger partial charge in [-0.2, -0.15) is 0 Å². The molecule has 0 spiro atoms. The van der Waals surface area contributed by atoms with E-state index in [-0.39, 0.29) is 18.1 Å². The lowest BCUT2D eigenvalue weighted by Crippen LogP contribution is -2.51. The van der Waals surface area contributed by atoms with Crippen LogP contribution in [0.1, 0.15) is 18.9 Å². The molecule has 0 aromatic heterocycles. The molecule has 2 rings (SSSR count). The number of nitrogens with zero attached hydrogens (tertiary/aromatic N) is 2. The molecule has 0 aliphatic rings. The Bertz CT molecular complexity index is 1110. The highest BCUT2D eigenvalue weighted by atomic mass is 35.5. The lowest BCUT2D eigenvalue weighted by atomic mass is 10.1. The summed E-state index contributed by atoms with van der Waals surface area (Å²) in [7, 11) is -0.978. The summed E-state index contributed by atoms with van der Waals surface area (Å²) < 4.78 is 31.5. The maximum Gasteiger partial charge on any atom is 0.244 e. The summed E-state index contributed by atoms with van der Waals surface area (Å²) in [5.74, 6) is -0.659. The molecule has 0 heterocycles. The number of rotatable bonds is 10. The second-order valence-electron chi connectivity index (χ2n) is 7.24. The summed E-state index contributed by atoms with van der Waals surface area (Å²) in [5, 5.41) is 3.32. The number of sulfonamides is 1. The number of amides is 2. The third kappa shape index (κ3) is 6.75. The molecule has 0 saturated carbocycles. The van der Waals surface area contributed by atoms with E-state index in [1.54, 1.807) is 49.4 Å². The zero-order chi connectivity index (χ0) is 24.8. The quantitative estimate of drug-likeness (QED) is 0.523. The largest absolute Gasteiger partial charge is 0.495 e. The smallest absolute Gasteiger partial charge is 0.244 e. The van der Waals surface area contributed by atoms with E-state index >= 15 is 0 Å². The molecule has 2 aromatic carbocycles. The normalized spacial score (nSPS) is 12.1. The number of benzene rings is 2. The van der Waals surface area contributed by atoms with Gasteiger partial charge in [0.25, 0.3) is 0 Å². The number of para-hydroxylation sites is 2. The van der Waals surface area contributed by atoms with Gasteiger partial charge >= 0.3 is 0 Å². The van der Waals surface area contributed by atoms with Crippen molar-refractivity contribution in [1.29, 1.82) is 0 Å². The molecule has 11 heteroatoms. The summed E-state index contributed by atoms with van der Waals surface area (Å²) in [4.78, 5) is 27.4. The standard InChI is InChI=1S/C22H27Cl2N3O5S/c1-5-18(22(29)25-2)26(13-15-10-11-16(23)12-17(15)24)21(28)14-27(33(4,30)31)19-8-6-7-9-20(19)32-3/h6-12,18H,5,13-14H2,1-4H3,(H,25,29)/t18-/m0/s1. The molecule has 0 bridgehead atoms. The third-order valence-corrected chi connectivity index (χ3v) is 6.73. The van der Waals surface area contributed by atoms with Crippen LogP contribution in [0.15, 0.2) is 42.5 Å². The van der Waals surface area contributed by atoms with Crippen LogP contribution in [-0.4, -0.2) is 58.1 Å². The number of carbonyl (C=O) groups excluding carboxylic acids is 2. The molecule has 0 aliphatic heterocycles. The number of hydrogen-bond acceptors (Lipinski definition) is 5. The van der Waals surface area contributed by atoms with Crippen molar-refractivity contribution in [3.05, 3.63) is 58.1 Å². The fraction of sp³-hybridized carbons (Fsp3) is 0.364. The first-order chi connectivity index (χ1) is 15.5. The summed E-state index contributed by atoms with van der Waals surface area (Å²) in [5.41, 5.74) is 0.785. The van der Waals surface area contributed by atoms with E-state index in [4.69, 9.17) is 27.9 Å². The van der Waals surface area contributed by atoms with Crippen molar-refractivity contribution in [1.82, 2.24) is 10.2 Å². The summed E-state index contributed by atoms with van der Waals surface area (Å²) in [6.07, 6.45) is 1.31. The maximum absolute atomic E-state index is 13.5. The number of carbonyl (C=O) groups is 2. The van der Waals surface area contributed by atoms with Crippen LogP contribution in [0.4, 0.5) is 5.69 Å². The molecule has 0 aliphatic carbocycles. The number of likely N-dealkylation sites (N-methyl/N-ethyl adjacent to an activating group) is 1. The number of nitrogens with one attached hydrogen (secondary N) is 1. The van der Waals surface area contributed by atoms with Gasteiger partial charge < -0.3 is 15.0 Å².